The van der Waals surface area contributed by atoms with Crippen LogP contribution in [0.3, 0.4) is 0 Å². The molecular formula is C7H6Br2O4. The average Bonchev–Trinajstić information content (AvgIpc) is 2.12. The lowest BCUT2D eigenvalue weighted by Crippen LogP contribution is -2.06. The molecule has 0 amide bonds. The fourth-order valence-electron chi connectivity index (χ4n) is 0.798. The third kappa shape index (κ3) is 1.95. The molecule has 0 radical (unpaired) electrons. The molecule has 1 aromatic rings. The van der Waals surface area contributed by atoms with Crippen molar-refractivity contribution in [3.63, 3.8) is 0 Å². The number of hydrogen-bond acceptors (Lipinski definition) is 4. The van der Waals surface area contributed by atoms with E-state index in [1.54, 1.807) is 0 Å². The Hall–Kier alpha value is -0.330. The van der Waals surface area contributed by atoms with Gasteiger partial charge in [-0.05, 0) is 31.9 Å². The zero-order valence-electron chi connectivity index (χ0n) is 6.63. The predicted molar refractivity (Wildman–Crippen MR) is 52.9 cm³/mol. The van der Waals surface area contributed by atoms with E-state index in [0.29, 0.717) is 10.2 Å². The van der Waals surface area contributed by atoms with Gasteiger partial charge >= 0.3 is 5.63 Å². The Morgan fingerprint density at radius 3 is 2.54 bits per heavy atom. The van der Waals surface area contributed by atoms with Gasteiger partial charge in [0.25, 0.3) is 0 Å². The Morgan fingerprint density at radius 2 is 2.08 bits per heavy atom. The number of aliphatic hydroxyl groups is 1. The third-order valence-corrected chi connectivity index (χ3v) is 2.87. The molecule has 6 heteroatoms. The van der Waals surface area contributed by atoms with Crippen molar-refractivity contribution < 1.29 is 14.3 Å². The molecule has 0 aromatic carbocycles. The van der Waals surface area contributed by atoms with Crippen molar-refractivity contribution in [3.05, 3.63) is 25.1 Å². The molecule has 0 spiro atoms. The summed E-state index contributed by atoms with van der Waals surface area (Å²) in [5.41, 5.74) is -0.580. The monoisotopic (exact) mass is 312 g/mol. The summed E-state index contributed by atoms with van der Waals surface area (Å²) in [5, 5.41) is 8.82. The zero-order valence-corrected chi connectivity index (χ0v) is 9.81. The highest BCUT2D eigenvalue weighted by atomic mass is 79.9. The number of hydrogen-bond donors (Lipinski definition) is 1. The maximum atomic E-state index is 11.1. The second kappa shape index (κ2) is 4.26. The maximum Gasteiger partial charge on any atom is 0.354 e. The fourth-order valence-corrected chi connectivity index (χ4v) is 2.07. The Bertz CT molecular complexity index is 371. The number of methoxy groups -OCH3 is 1. The van der Waals surface area contributed by atoms with Crippen LogP contribution in [-0.2, 0) is 6.61 Å². The quantitative estimate of drug-likeness (QED) is 0.902. The summed E-state index contributed by atoms with van der Waals surface area (Å²) >= 11 is 6.15. The summed E-state index contributed by atoms with van der Waals surface area (Å²) in [4.78, 5) is 11.1. The molecule has 0 aliphatic heterocycles. The SMILES string of the molecule is COc1c(Br)c(CO)oc(=O)c1Br. The molecule has 1 aromatic heterocycles. The molecule has 0 fully saturated rings. The number of rotatable bonds is 2. The maximum absolute atomic E-state index is 11.1. The summed E-state index contributed by atoms with van der Waals surface area (Å²) in [7, 11) is 1.42. The first-order chi connectivity index (χ1) is 6.11. The second-order valence-corrected chi connectivity index (χ2v) is 3.72. The van der Waals surface area contributed by atoms with Crippen LogP contribution < -0.4 is 10.4 Å². The standard InChI is InChI=1S/C7H6Br2O4/c1-12-6-4(8)3(2-10)13-7(11)5(6)9/h10H,2H2,1H3. The summed E-state index contributed by atoms with van der Waals surface area (Å²) in [5.74, 6) is 0.463. The van der Waals surface area contributed by atoms with E-state index in [-0.39, 0.29) is 16.8 Å². The van der Waals surface area contributed by atoms with E-state index >= 15 is 0 Å². The van der Waals surface area contributed by atoms with Crippen LogP contribution in [0.25, 0.3) is 0 Å². The minimum Gasteiger partial charge on any atom is -0.494 e. The van der Waals surface area contributed by atoms with Gasteiger partial charge < -0.3 is 14.3 Å². The van der Waals surface area contributed by atoms with Gasteiger partial charge in [-0.3, -0.25) is 0 Å². The predicted octanol–water partition coefficient (Wildman–Crippen LogP) is 1.67. The van der Waals surface area contributed by atoms with Gasteiger partial charge in [-0.1, -0.05) is 0 Å². The van der Waals surface area contributed by atoms with Gasteiger partial charge in [0.15, 0.2) is 11.5 Å². The van der Waals surface area contributed by atoms with Crippen molar-refractivity contribution in [1.29, 1.82) is 0 Å². The highest BCUT2D eigenvalue weighted by Gasteiger charge is 2.15. The first-order valence-corrected chi connectivity index (χ1v) is 4.86. The molecule has 1 N–H and O–H groups in total. The largest absolute Gasteiger partial charge is 0.494 e. The molecule has 4 nitrogen and oxygen atoms in total. The minimum absolute atomic E-state index is 0.144. The van der Waals surface area contributed by atoms with Crippen molar-refractivity contribution in [2.45, 2.75) is 6.61 Å². The van der Waals surface area contributed by atoms with Crippen molar-refractivity contribution in [3.8, 4) is 5.75 Å². The Morgan fingerprint density at radius 1 is 1.46 bits per heavy atom. The van der Waals surface area contributed by atoms with Gasteiger partial charge in [-0.2, -0.15) is 0 Å². The highest BCUT2D eigenvalue weighted by Crippen LogP contribution is 2.33. The molecule has 1 heterocycles. The lowest BCUT2D eigenvalue weighted by molar-refractivity contribution is 0.235. The number of ether oxygens (including phenoxy) is 1. The first-order valence-electron chi connectivity index (χ1n) is 3.27. The molecule has 1 rings (SSSR count). The van der Waals surface area contributed by atoms with Crippen LogP contribution in [0.15, 0.2) is 18.2 Å². The van der Waals surface area contributed by atoms with E-state index in [1.165, 1.54) is 7.11 Å². The molecular weight excluding hydrogens is 308 g/mol. The van der Waals surface area contributed by atoms with E-state index in [9.17, 15) is 4.79 Å². The van der Waals surface area contributed by atoms with Crippen LogP contribution in [0, 0.1) is 0 Å². The third-order valence-electron chi connectivity index (χ3n) is 1.39. The van der Waals surface area contributed by atoms with Crippen molar-refractivity contribution in [1.82, 2.24) is 0 Å². The molecule has 0 aliphatic rings. The fraction of sp³-hybridized carbons (Fsp3) is 0.286. The smallest absolute Gasteiger partial charge is 0.354 e. The minimum atomic E-state index is -0.580. The van der Waals surface area contributed by atoms with E-state index in [2.05, 4.69) is 31.9 Å². The Balaban J connectivity index is 3.48. The van der Waals surface area contributed by atoms with Gasteiger partial charge in [-0.25, -0.2) is 4.79 Å². The van der Waals surface area contributed by atoms with Crippen LogP contribution in [0.1, 0.15) is 5.76 Å². The summed E-state index contributed by atoms with van der Waals surface area (Å²) in [6, 6.07) is 0. The summed E-state index contributed by atoms with van der Waals surface area (Å²) in [6.07, 6.45) is 0. The molecule has 0 atom stereocenters. The lowest BCUT2D eigenvalue weighted by Gasteiger charge is -2.06. The molecule has 0 aliphatic carbocycles. The van der Waals surface area contributed by atoms with Crippen LogP contribution in [-0.4, -0.2) is 12.2 Å². The summed E-state index contributed by atoms with van der Waals surface area (Å²) < 4.78 is 10.3. The first kappa shape index (κ1) is 10.7. The zero-order chi connectivity index (χ0) is 10.0. The van der Waals surface area contributed by atoms with Gasteiger partial charge in [0.1, 0.15) is 15.6 Å². The van der Waals surface area contributed by atoms with Gasteiger partial charge in [-0.15, -0.1) is 0 Å². The van der Waals surface area contributed by atoms with E-state index in [0.717, 1.165) is 0 Å². The molecule has 0 unspecified atom stereocenters. The average molecular weight is 314 g/mol. The van der Waals surface area contributed by atoms with E-state index < -0.39 is 5.63 Å². The molecule has 0 saturated carbocycles. The Kier molecular flexibility index (Phi) is 3.52. The van der Waals surface area contributed by atoms with Gasteiger partial charge in [0.2, 0.25) is 0 Å². The van der Waals surface area contributed by atoms with Crippen molar-refractivity contribution in [2.24, 2.45) is 0 Å². The normalized spacial score (nSPS) is 10.2. The number of aliphatic hydroxyl groups excluding tert-OH is 1. The molecule has 72 valence electrons. The van der Waals surface area contributed by atoms with Crippen LogP contribution >= 0.6 is 31.9 Å². The molecule has 0 bridgehead atoms. The topological polar surface area (TPSA) is 59.7 Å². The van der Waals surface area contributed by atoms with Crippen molar-refractivity contribution >= 4 is 31.9 Å². The van der Waals surface area contributed by atoms with Gasteiger partial charge in [0, 0.05) is 0 Å². The van der Waals surface area contributed by atoms with Crippen LogP contribution in [0.4, 0.5) is 0 Å². The highest BCUT2D eigenvalue weighted by molar-refractivity contribution is 9.11. The van der Waals surface area contributed by atoms with Crippen LogP contribution in [0.5, 0.6) is 5.75 Å². The van der Waals surface area contributed by atoms with E-state index in [1.807, 2.05) is 0 Å². The molecule has 13 heavy (non-hydrogen) atoms. The van der Waals surface area contributed by atoms with Crippen LogP contribution in [0.2, 0.25) is 0 Å². The summed E-state index contributed by atoms with van der Waals surface area (Å²) in [6.45, 7) is -0.362. The van der Waals surface area contributed by atoms with E-state index in [4.69, 9.17) is 14.3 Å². The van der Waals surface area contributed by atoms with Gasteiger partial charge in [0.05, 0.1) is 7.11 Å². The second-order valence-electron chi connectivity index (χ2n) is 2.13. The molecule has 0 saturated heterocycles. The Labute approximate surface area is 90.8 Å². The number of halogens is 2. The van der Waals surface area contributed by atoms with Crippen molar-refractivity contribution in [2.75, 3.05) is 7.11 Å². The lowest BCUT2D eigenvalue weighted by atomic mass is 10.4.